The first kappa shape index (κ1) is 16.7. The molecule has 1 heterocycles. The number of benzene rings is 1. The summed E-state index contributed by atoms with van der Waals surface area (Å²) < 4.78 is 5.69. The molecule has 9 nitrogen and oxygen atoms in total. The molecule has 0 fully saturated rings. The monoisotopic (exact) mass is 328 g/mol. The van der Waals surface area contributed by atoms with Gasteiger partial charge in [0.05, 0.1) is 11.3 Å². The number of para-hydroxylation sites is 1. The molecule has 1 aromatic heterocycles. The Morgan fingerprint density at radius 1 is 1.25 bits per heavy atom. The van der Waals surface area contributed by atoms with Gasteiger partial charge in [0.25, 0.3) is 11.5 Å². The van der Waals surface area contributed by atoms with E-state index in [0.29, 0.717) is 5.69 Å². The van der Waals surface area contributed by atoms with Crippen molar-refractivity contribution in [1.29, 1.82) is 5.26 Å². The van der Waals surface area contributed by atoms with E-state index in [2.05, 4.69) is 5.32 Å². The third kappa shape index (κ3) is 4.41. The molecular formula is C15H12N4O5. The number of H-pyrrole nitrogens is 1. The van der Waals surface area contributed by atoms with Gasteiger partial charge in [-0.05, 0) is 12.1 Å². The van der Waals surface area contributed by atoms with Crippen LogP contribution in [0.2, 0.25) is 0 Å². The van der Waals surface area contributed by atoms with E-state index in [1.54, 1.807) is 12.1 Å². The van der Waals surface area contributed by atoms with Crippen LogP contribution < -0.4 is 16.6 Å². The predicted octanol–water partition coefficient (Wildman–Crippen LogP) is -0.410. The quantitative estimate of drug-likeness (QED) is 0.717. The number of esters is 1. The van der Waals surface area contributed by atoms with Gasteiger partial charge in [-0.15, -0.1) is 0 Å². The number of ether oxygens (including phenoxy) is 1. The normalized spacial score (nSPS) is 9.79. The van der Waals surface area contributed by atoms with Crippen LogP contribution in [-0.2, 0) is 20.9 Å². The molecule has 0 saturated carbocycles. The number of rotatable bonds is 5. The van der Waals surface area contributed by atoms with Gasteiger partial charge in [0.1, 0.15) is 12.6 Å². The molecule has 0 atom stereocenters. The van der Waals surface area contributed by atoms with Crippen molar-refractivity contribution in [2.24, 2.45) is 0 Å². The number of anilines is 1. The molecule has 122 valence electrons. The summed E-state index contributed by atoms with van der Waals surface area (Å²) in [4.78, 5) is 47.7. The lowest BCUT2D eigenvalue weighted by atomic mass is 10.2. The Kier molecular flexibility index (Phi) is 5.25. The third-order valence-corrected chi connectivity index (χ3v) is 2.88. The molecule has 0 unspecified atom stereocenters. The van der Waals surface area contributed by atoms with E-state index < -0.39 is 36.3 Å². The van der Waals surface area contributed by atoms with E-state index in [1.807, 2.05) is 11.1 Å². The lowest BCUT2D eigenvalue weighted by Crippen LogP contribution is -2.32. The fourth-order valence-corrected chi connectivity index (χ4v) is 1.78. The van der Waals surface area contributed by atoms with Crippen LogP contribution in [0.5, 0.6) is 0 Å². The Labute approximate surface area is 135 Å². The molecule has 24 heavy (non-hydrogen) atoms. The fourth-order valence-electron chi connectivity index (χ4n) is 1.78. The second kappa shape index (κ2) is 7.55. The van der Waals surface area contributed by atoms with E-state index >= 15 is 0 Å². The van der Waals surface area contributed by atoms with Crippen molar-refractivity contribution in [3.8, 4) is 6.07 Å². The SMILES string of the molecule is N#Cc1ccccc1NC(=O)COC(=O)Cn1ccc(=O)[nH]c1=O. The van der Waals surface area contributed by atoms with Crippen molar-refractivity contribution in [3.63, 3.8) is 0 Å². The topological polar surface area (TPSA) is 134 Å². The number of carbonyl (C=O) groups excluding carboxylic acids is 2. The van der Waals surface area contributed by atoms with Gasteiger partial charge in [0, 0.05) is 12.3 Å². The number of amides is 1. The van der Waals surface area contributed by atoms with Gasteiger partial charge in [-0.25, -0.2) is 4.79 Å². The first-order valence-electron chi connectivity index (χ1n) is 6.74. The van der Waals surface area contributed by atoms with Crippen molar-refractivity contribution < 1.29 is 14.3 Å². The zero-order valence-electron chi connectivity index (χ0n) is 12.3. The average Bonchev–Trinajstić information content (AvgIpc) is 2.56. The maximum Gasteiger partial charge on any atom is 0.328 e. The van der Waals surface area contributed by atoms with Gasteiger partial charge in [-0.2, -0.15) is 5.26 Å². The van der Waals surface area contributed by atoms with Gasteiger partial charge in [-0.3, -0.25) is 23.9 Å². The smallest absolute Gasteiger partial charge is 0.328 e. The minimum absolute atomic E-state index is 0.275. The summed E-state index contributed by atoms with van der Waals surface area (Å²) in [5, 5.41) is 11.4. The highest BCUT2D eigenvalue weighted by Gasteiger charge is 2.11. The summed E-state index contributed by atoms with van der Waals surface area (Å²) in [6.45, 7) is -1.02. The zero-order valence-corrected chi connectivity index (χ0v) is 12.3. The van der Waals surface area contributed by atoms with Crippen molar-refractivity contribution in [2.45, 2.75) is 6.54 Å². The summed E-state index contributed by atoms with van der Waals surface area (Å²) in [6, 6.07) is 9.37. The second-order valence-electron chi connectivity index (χ2n) is 4.60. The van der Waals surface area contributed by atoms with Crippen LogP contribution >= 0.6 is 0 Å². The van der Waals surface area contributed by atoms with Gasteiger partial charge >= 0.3 is 11.7 Å². The molecular weight excluding hydrogens is 316 g/mol. The Balaban J connectivity index is 1.89. The number of hydrogen-bond donors (Lipinski definition) is 2. The largest absolute Gasteiger partial charge is 0.454 e. The number of nitrogens with one attached hydrogen (secondary N) is 2. The van der Waals surface area contributed by atoms with Gasteiger partial charge in [0.15, 0.2) is 6.61 Å². The van der Waals surface area contributed by atoms with Gasteiger partial charge in [-0.1, -0.05) is 12.1 Å². The summed E-state index contributed by atoms with van der Waals surface area (Å²) in [6.07, 6.45) is 1.14. The number of carbonyl (C=O) groups is 2. The van der Waals surface area contributed by atoms with Crippen LogP contribution in [0.25, 0.3) is 0 Å². The summed E-state index contributed by atoms with van der Waals surface area (Å²) in [5.74, 6) is -1.45. The second-order valence-corrected chi connectivity index (χ2v) is 4.60. The first-order valence-corrected chi connectivity index (χ1v) is 6.74. The standard InChI is InChI=1S/C15H12N4O5/c16-7-10-3-1-2-4-11(10)17-13(21)9-24-14(22)8-19-6-5-12(20)18-15(19)23/h1-6H,8-9H2,(H,17,21)(H,18,20,23). The molecule has 1 aromatic carbocycles. The summed E-state index contributed by atoms with van der Waals surface area (Å²) >= 11 is 0. The van der Waals surface area contributed by atoms with E-state index in [1.165, 1.54) is 12.1 Å². The first-order chi connectivity index (χ1) is 11.5. The Bertz CT molecular complexity index is 922. The summed E-state index contributed by atoms with van der Waals surface area (Å²) in [7, 11) is 0. The van der Waals surface area contributed by atoms with Crippen molar-refractivity contribution in [1.82, 2.24) is 9.55 Å². The van der Waals surface area contributed by atoms with Crippen LogP contribution in [-0.4, -0.2) is 28.0 Å². The van der Waals surface area contributed by atoms with Crippen molar-refractivity contribution in [3.05, 3.63) is 62.9 Å². The minimum Gasteiger partial charge on any atom is -0.454 e. The van der Waals surface area contributed by atoms with E-state index in [9.17, 15) is 19.2 Å². The Morgan fingerprint density at radius 3 is 2.71 bits per heavy atom. The molecule has 0 radical (unpaired) electrons. The lowest BCUT2D eigenvalue weighted by molar-refractivity contribution is -0.148. The van der Waals surface area contributed by atoms with Gasteiger partial charge in [0.2, 0.25) is 0 Å². The number of nitriles is 1. The summed E-state index contributed by atoms with van der Waals surface area (Å²) in [5.41, 5.74) is -0.762. The molecule has 0 aliphatic carbocycles. The highest BCUT2D eigenvalue weighted by molar-refractivity contribution is 5.93. The molecule has 2 aromatic rings. The van der Waals surface area contributed by atoms with E-state index in [0.717, 1.165) is 16.8 Å². The highest BCUT2D eigenvalue weighted by atomic mass is 16.5. The number of hydrogen-bond acceptors (Lipinski definition) is 6. The molecule has 2 rings (SSSR count). The fraction of sp³-hybridized carbons (Fsp3) is 0.133. The number of aromatic nitrogens is 2. The van der Waals surface area contributed by atoms with Gasteiger partial charge < -0.3 is 10.1 Å². The minimum atomic E-state index is -0.826. The molecule has 9 heteroatoms. The van der Waals surface area contributed by atoms with Crippen LogP contribution in [0.4, 0.5) is 5.69 Å². The number of nitrogens with zero attached hydrogens (tertiary/aromatic N) is 2. The maximum absolute atomic E-state index is 11.7. The molecule has 0 bridgehead atoms. The van der Waals surface area contributed by atoms with Crippen LogP contribution in [0.3, 0.4) is 0 Å². The zero-order chi connectivity index (χ0) is 17.5. The van der Waals surface area contributed by atoms with Crippen molar-refractivity contribution >= 4 is 17.6 Å². The predicted molar refractivity (Wildman–Crippen MR) is 82.1 cm³/mol. The van der Waals surface area contributed by atoms with E-state index in [4.69, 9.17) is 10.00 Å². The average molecular weight is 328 g/mol. The third-order valence-electron chi connectivity index (χ3n) is 2.88. The molecule has 2 N–H and O–H groups in total. The lowest BCUT2D eigenvalue weighted by Gasteiger charge is -2.08. The molecule has 0 saturated heterocycles. The molecule has 0 spiro atoms. The van der Waals surface area contributed by atoms with Crippen LogP contribution in [0.1, 0.15) is 5.56 Å². The van der Waals surface area contributed by atoms with Crippen LogP contribution in [0, 0.1) is 11.3 Å². The van der Waals surface area contributed by atoms with E-state index in [-0.39, 0.29) is 5.56 Å². The molecule has 0 aliphatic heterocycles. The Morgan fingerprint density at radius 2 is 2.00 bits per heavy atom. The maximum atomic E-state index is 11.7. The number of aromatic amines is 1. The molecule has 1 amide bonds. The molecule has 0 aliphatic rings. The highest BCUT2D eigenvalue weighted by Crippen LogP contribution is 2.13. The van der Waals surface area contributed by atoms with Crippen LogP contribution in [0.15, 0.2) is 46.1 Å². The van der Waals surface area contributed by atoms with Crippen molar-refractivity contribution in [2.75, 3.05) is 11.9 Å². The Hall–Kier alpha value is -3.67.